The lowest BCUT2D eigenvalue weighted by atomic mass is 9.97. The molecule has 1 aliphatic heterocycles. The summed E-state index contributed by atoms with van der Waals surface area (Å²) < 4.78 is 5.26. The third-order valence-electron chi connectivity index (χ3n) is 3.70. The maximum atomic E-state index is 12.2. The Bertz CT molecular complexity index is 469. The van der Waals surface area contributed by atoms with Gasteiger partial charge >= 0.3 is 0 Å². The molecule has 22 heavy (non-hydrogen) atoms. The first-order chi connectivity index (χ1) is 10.7. The van der Waals surface area contributed by atoms with E-state index >= 15 is 0 Å². The monoisotopic (exact) mass is 326 g/mol. The Morgan fingerprint density at radius 2 is 2.36 bits per heavy atom. The molecule has 1 aliphatic rings. The first kappa shape index (κ1) is 17.0. The predicted molar refractivity (Wildman–Crippen MR) is 86.1 cm³/mol. The molecule has 0 aromatic carbocycles. The molecular formula is C15H23ClN4O2. The summed E-state index contributed by atoms with van der Waals surface area (Å²) in [5, 5.41) is 11.3. The Kier molecular flexibility index (Phi) is 6.86. The highest BCUT2D eigenvalue weighted by molar-refractivity contribution is 6.29. The van der Waals surface area contributed by atoms with Crippen LogP contribution in [0.15, 0.2) is 12.1 Å². The van der Waals surface area contributed by atoms with Crippen LogP contribution in [-0.4, -0.2) is 49.0 Å². The first-order valence-electron chi connectivity index (χ1n) is 7.80. The molecule has 2 heterocycles. The molecule has 1 atom stereocenters. The van der Waals surface area contributed by atoms with Crippen molar-refractivity contribution in [3.05, 3.63) is 17.3 Å². The zero-order valence-corrected chi connectivity index (χ0v) is 13.7. The summed E-state index contributed by atoms with van der Waals surface area (Å²) in [5.74, 6) is 0.889. The molecule has 6 nitrogen and oxygen atoms in total. The summed E-state index contributed by atoms with van der Waals surface area (Å²) in [6, 6.07) is 3.57. The van der Waals surface area contributed by atoms with E-state index in [0.29, 0.717) is 31.5 Å². The van der Waals surface area contributed by atoms with E-state index in [4.69, 9.17) is 16.3 Å². The van der Waals surface area contributed by atoms with Crippen molar-refractivity contribution in [3.8, 4) is 0 Å². The van der Waals surface area contributed by atoms with Gasteiger partial charge in [-0.3, -0.25) is 4.79 Å². The molecule has 7 heteroatoms. The second kappa shape index (κ2) is 8.90. The van der Waals surface area contributed by atoms with Crippen molar-refractivity contribution in [1.29, 1.82) is 0 Å². The molecule has 122 valence electrons. The predicted octanol–water partition coefficient (Wildman–Crippen LogP) is 1.89. The maximum Gasteiger partial charge on any atom is 0.224 e. The summed E-state index contributed by atoms with van der Waals surface area (Å²) >= 11 is 5.76. The van der Waals surface area contributed by atoms with Gasteiger partial charge in [-0.2, -0.15) is 0 Å². The van der Waals surface area contributed by atoms with Gasteiger partial charge in [-0.25, -0.2) is 0 Å². The number of hydrogen-bond donors (Lipinski definition) is 1. The van der Waals surface area contributed by atoms with Crippen molar-refractivity contribution >= 4 is 23.3 Å². The van der Waals surface area contributed by atoms with Crippen molar-refractivity contribution in [2.75, 3.05) is 37.7 Å². The van der Waals surface area contributed by atoms with E-state index in [2.05, 4.69) is 20.4 Å². The topological polar surface area (TPSA) is 67.3 Å². The average molecular weight is 327 g/mol. The van der Waals surface area contributed by atoms with Gasteiger partial charge in [0.2, 0.25) is 5.91 Å². The van der Waals surface area contributed by atoms with Gasteiger partial charge in [0.15, 0.2) is 11.0 Å². The number of piperidine rings is 1. The Hall–Kier alpha value is -1.40. The van der Waals surface area contributed by atoms with Crippen molar-refractivity contribution in [2.24, 2.45) is 5.92 Å². The molecular weight excluding hydrogens is 304 g/mol. The minimum absolute atomic E-state index is 0.00155. The number of ether oxygens (including phenoxy) is 1. The second-order valence-corrected chi connectivity index (χ2v) is 5.73. The van der Waals surface area contributed by atoms with Gasteiger partial charge in [-0.15, -0.1) is 10.2 Å². The fourth-order valence-corrected chi connectivity index (χ4v) is 2.65. The Labute approximate surface area is 136 Å². The van der Waals surface area contributed by atoms with Gasteiger partial charge < -0.3 is 15.0 Å². The van der Waals surface area contributed by atoms with E-state index in [-0.39, 0.29) is 11.8 Å². The second-order valence-electron chi connectivity index (χ2n) is 5.34. The van der Waals surface area contributed by atoms with Crippen LogP contribution in [0.2, 0.25) is 5.15 Å². The smallest absolute Gasteiger partial charge is 0.224 e. The number of carbonyl (C=O) groups is 1. The summed E-state index contributed by atoms with van der Waals surface area (Å²) in [6.07, 6.45) is 2.73. The third kappa shape index (κ3) is 5.10. The number of hydrogen-bond acceptors (Lipinski definition) is 5. The SMILES string of the molecule is CCOCCCNC(=O)C1CCCN(c2ccc(Cl)nn2)C1. The lowest BCUT2D eigenvalue weighted by Crippen LogP contribution is -2.43. The normalized spacial score (nSPS) is 18.3. The first-order valence-corrected chi connectivity index (χ1v) is 8.18. The standard InChI is InChI=1S/C15H23ClN4O2/c1-2-22-10-4-8-17-15(21)12-5-3-9-20(11-12)14-7-6-13(16)18-19-14/h6-7,12H,2-5,8-11H2,1H3,(H,17,21). The van der Waals surface area contributed by atoms with Crippen LogP contribution in [0.4, 0.5) is 5.82 Å². The summed E-state index contributed by atoms with van der Waals surface area (Å²) in [6.45, 7) is 5.60. The quantitative estimate of drug-likeness (QED) is 0.775. The molecule has 1 aromatic rings. The molecule has 1 aromatic heterocycles. The van der Waals surface area contributed by atoms with Crippen LogP contribution >= 0.6 is 11.6 Å². The summed E-state index contributed by atoms with van der Waals surface area (Å²) in [7, 11) is 0. The van der Waals surface area contributed by atoms with Crippen LogP contribution in [0.5, 0.6) is 0 Å². The van der Waals surface area contributed by atoms with Gasteiger partial charge in [0.05, 0.1) is 5.92 Å². The number of rotatable bonds is 7. The van der Waals surface area contributed by atoms with Gasteiger partial charge in [0.1, 0.15) is 0 Å². The van der Waals surface area contributed by atoms with Crippen molar-refractivity contribution in [2.45, 2.75) is 26.2 Å². The number of anilines is 1. The van der Waals surface area contributed by atoms with Crippen LogP contribution in [0, 0.1) is 5.92 Å². The minimum Gasteiger partial charge on any atom is -0.382 e. The van der Waals surface area contributed by atoms with Crippen LogP contribution < -0.4 is 10.2 Å². The highest BCUT2D eigenvalue weighted by Crippen LogP contribution is 2.21. The lowest BCUT2D eigenvalue weighted by molar-refractivity contribution is -0.125. The molecule has 1 amide bonds. The highest BCUT2D eigenvalue weighted by Gasteiger charge is 2.26. The molecule has 1 saturated heterocycles. The van der Waals surface area contributed by atoms with Gasteiger partial charge in [0.25, 0.3) is 0 Å². The molecule has 0 aliphatic carbocycles. The van der Waals surface area contributed by atoms with Crippen molar-refractivity contribution < 1.29 is 9.53 Å². The van der Waals surface area contributed by atoms with E-state index in [1.54, 1.807) is 6.07 Å². The van der Waals surface area contributed by atoms with E-state index in [1.165, 1.54) is 0 Å². The van der Waals surface area contributed by atoms with Crippen LogP contribution in [-0.2, 0) is 9.53 Å². The van der Waals surface area contributed by atoms with Crippen LogP contribution in [0.25, 0.3) is 0 Å². The summed E-state index contributed by atoms with van der Waals surface area (Å²) in [4.78, 5) is 14.3. The fourth-order valence-electron chi connectivity index (χ4n) is 2.55. The third-order valence-corrected chi connectivity index (χ3v) is 3.90. The number of amides is 1. The maximum absolute atomic E-state index is 12.2. The molecule has 1 unspecified atom stereocenters. The molecule has 0 bridgehead atoms. The van der Waals surface area contributed by atoms with E-state index in [0.717, 1.165) is 31.6 Å². The largest absolute Gasteiger partial charge is 0.382 e. The van der Waals surface area contributed by atoms with Gasteiger partial charge in [0, 0.05) is 32.8 Å². The van der Waals surface area contributed by atoms with E-state index in [1.807, 2.05) is 13.0 Å². The van der Waals surface area contributed by atoms with Crippen LogP contribution in [0.3, 0.4) is 0 Å². The zero-order chi connectivity index (χ0) is 15.8. The van der Waals surface area contributed by atoms with Gasteiger partial charge in [-0.1, -0.05) is 11.6 Å². The number of aromatic nitrogens is 2. The van der Waals surface area contributed by atoms with Crippen molar-refractivity contribution in [1.82, 2.24) is 15.5 Å². The minimum atomic E-state index is -0.00155. The molecule has 2 rings (SSSR count). The Morgan fingerprint density at radius 3 is 3.09 bits per heavy atom. The molecule has 0 radical (unpaired) electrons. The number of halogens is 1. The Morgan fingerprint density at radius 1 is 1.50 bits per heavy atom. The number of nitrogens with one attached hydrogen (secondary N) is 1. The Balaban J connectivity index is 1.79. The highest BCUT2D eigenvalue weighted by atomic mass is 35.5. The fraction of sp³-hybridized carbons (Fsp3) is 0.667. The van der Waals surface area contributed by atoms with Crippen molar-refractivity contribution in [3.63, 3.8) is 0 Å². The average Bonchev–Trinajstić information content (AvgIpc) is 2.55. The summed E-state index contributed by atoms with van der Waals surface area (Å²) in [5.41, 5.74) is 0. The zero-order valence-electron chi connectivity index (χ0n) is 12.9. The van der Waals surface area contributed by atoms with E-state index < -0.39 is 0 Å². The lowest BCUT2D eigenvalue weighted by Gasteiger charge is -2.32. The molecule has 0 spiro atoms. The van der Waals surface area contributed by atoms with E-state index in [9.17, 15) is 4.79 Å². The molecule has 0 saturated carbocycles. The number of nitrogens with zero attached hydrogens (tertiary/aromatic N) is 3. The number of carbonyl (C=O) groups excluding carboxylic acids is 1. The van der Waals surface area contributed by atoms with Crippen LogP contribution in [0.1, 0.15) is 26.2 Å². The molecule has 1 N–H and O–H groups in total. The van der Waals surface area contributed by atoms with Gasteiger partial charge in [-0.05, 0) is 38.3 Å². The molecule has 1 fully saturated rings.